The lowest BCUT2D eigenvalue weighted by atomic mass is 10.1. The van der Waals surface area contributed by atoms with E-state index in [4.69, 9.17) is 10.2 Å². The molecule has 1 atom stereocenters. The number of carbonyl (C=O) groups excluding carboxylic acids is 2. The fraction of sp³-hybridized carbons (Fsp3) is 0.600. The summed E-state index contributed by atoms with van der Waals surface area (Å²) in [4.78, 5) is 25.4. The molecule has 1 heterocycles. The van der Waals surface area contributed by atoms with E-state index in [2.05, 4.69) is 5.32 Å². The highest BCUT2D eigenvalue weighted by molar-refractivity contribution is 5.85. The quantitative estimate of drug-likeness (QED) is 0.386. The molecule has 0 aliphatic carbocycles. The number of aliphatic hydroxyl groups excluding tert-OH is 2. The molecule has 0 radical (unpaired) electrons. The van der Waals surface area contributed by atoms with Gasteiger partial charge in [-0.2, -0.15) is 0 Å². The van der Waals surface area contributed by atoms with Gasteiger partial charge in [0.1, 0.15) is 0 Å². The Labute approximate surface area is 140 Å². The Hall–Kier alpha value is -2.26. The number of amides is 2. The lowest BCUT2D eigenvalue weighted by molar-refractivity contribution is -0.138. The van der Waals surface area contributed by atoms with Crippen LogP contribution in [0.2, 0.25) is 0 Å². The fourth-order valence-corrected chi connectivity index (χ4v) is 2.29. The van der Waals surface area contributed by atoms with Gasteiger partial charge in [0, 0.05) is 50.7 Å². The van der Waals surface area contributed by atoms with E-state index in [9.17, 15) is 19.8 Å². The van der Waals surface area contributed by atoms with Gasteiger partial charge in [-0.25, -0.2) is 0 Å². The van der Waals surface area contributed by atoms with Crippen molar-refractivity contribution in [1.82, 2.24) is 14.8 Å². The molecule has 24 heavy (non-hydrogen) atoms. The summed E-state index contributed by atoms with van der Waals surface area (Å²) in [6.07, 6.45) is -0.0637. The molecule has 0 fully saturated rings. The Balaban J connectivity index is 2.53. The van der Waals surface area contributed by atoms with E-state index in [0.29, 0.717) is 5.56 Å². The minimum Gasteiger partial charge on any atom is -0.494 e. The van der Waals surface area contributed by atoms with E-state index < -0.39 is 5.92 Å². The zero-order chi connectivity index (χ0) is 18.3. The molecule has 0 bridgehead atoms. The maximum atomic E-state index is 12.2. The zero-order valence-corrected chi connectivity index (χ0v) is 13.9. The van der Waals surface area contributed by atoms with Gasteiger partial charge >= 0.3 is 0 Å². The molecule has 9 nitrogen and oxygen atoms in total. The molecule has 1 rings (SSSR count). The number of aromatic hydroxyl groups is 2. The highest BCUT2D eigenvalue weighted by Crippen LogP contribution is 2.25. The summed E-state index contributed by atoms with van der Waals surface area (Å²) in [5, 5.41) is 39.6. The molecule has 1 aromatic heterocycles. The van der Waals surface area contributed by atoms with E-state index in [1.165, 1.54) is 22.6 Å². The molecule has 0 aliphatic heterocycles. The second-order valence-electron chi connectivity index (χ2n) is 5.56. The number of aliphatic hydroxyl groups is 2. The second kappa shape index (κ2) is 9.14. The van der Waals surface area contributed by atoms with Crippen molar-refractivity contribution in [2.75, 3.05) is 26.3 Å². The molecule has 0 saturated heterocycles. The van der Waals surface area contributed by atoms with Gasteiger partial charge in [-0.15, -0.1) is 0 Å². The summed E-state index contributed by atoms with van der Waals surface area (Å²) in [6.45, 7) is 1.38. The van der Waals surface area contributed by atoms with Crippen LogP contribution in [0.3, 0.4) is 0 Å². The van der Waals surface area contributed by atoms with Crippen molar-refractivity contribution in [3.63, 3.8) is 0 Å². The van der Waals surface area contributed by atoms with Gasteiger partial charge in [-0.1, -0.05) is 6.92 Å². The number of rotatable bonds is 9. The number of nitrogens with one attached hydrogen (secondary N) is 1. The van der Waals surface area contributed by atoms with Gasteiger partial charge in [-0.3, -0.25) is 14.2 Å². The molecule has 0 aliphatic rings. The molecule has 1 unspecified atom stereocenters. The van der Waals surface area contributed by atoms with Crippen LogP contribution in [-0.2, 0) is 23.2 Å². The van der Waals surface area contributed by atoms with Gasteiger partial charge in [0.05, 0.1) is 13.2 Å². The standard InChI is InChI=1S/C15H25N3O6/c1-10(14(23)18(3-5-19)4-6-20)7-12(21)16-9-11-8-13(22)17(2)15(11)24/h8,10,19-20,22,24H,3-7,9H2,1-2H3,(H,16,21). The molecule has 0 spiro atoms. The van der Waals surface area contributed by atoms with Crippen molar-refractivity contribution < 1.29 is 30.0 Å². The minimum atomic E-state index is -0.610. The van der Waals surface area contributed by atoms with Crippen LogP contribution in [-0.4, -0.2) is 68.0 Å². The molecular weight excluding hydrogens is 318 g/mol. The average molecular weight is 343 g/mol. The van der Waals surface area contributed by atoms with Crippen LogP contribution in [0.15, 0.2) is 6.07 Å². The first-order valence-electron chi connectivity index (χ1n) is 7.65. The third-order valence-corrected chi connectivity index (χ3v) is 3.69. The summed E-state index contributed by atoms with van der Waals surface area (Å²) in [5.74, 6) is -1.58. The maximum Gasteiger partial charge on any atom is 0.226 e. The predicted octanol–water partition coefficient (Wildman–Crippen LogP) is -1.11. The third-order valence-electron chi connectivity index (χ3n) is 3.69. The number of nitrogens with zero attached hydrogens (tertiary/aromatic N) is 2. The number of carbonyl (C=O) groups is 2. The van der Waals surface area contributed by atoms with Crippen molar-refractivity contribution in [3.05, 3.63) is 11.6 Å². The molecule has 1 aromatic rings. The van der Waals surface area contributed by atoms with Crippen LogP contribution in [0.4, 0.5) is 0 Å². The summed E-state index contributed by atoms with van der Waals surface area (Å²) < 4.78 is 1.18. The van der Waals surface area contributed by atoms with Crippen LogP contribution < -0.4 is 5.32 Å². The largest absolute Gasteiger partial charge is 0.494 e. The van der Waals surface area contributed by atoms with Crippen molar-refractivity contribution in [2.24, 2.45) is 13.0 Å². The van der Waals surface area contributed by atoms with E-state index >= 15 is 0 Å². The predicted molar refractivity (Wildman–Crippen MR) is 85.1 cm³/mol. The van der Waals surface area contributed by atoms with Gasteiger partial charge < -0.3 is 30.6 Å². The van der Waals surface area contributed by atoms with Gasteiger partial charge in [-0.05, 0) is 0 Å². The Morgan fingerprint density at radius 3 is 2.29 bits per heavy atom. The first-order valence-corrected chi connectivity index (χ1v) is 7.65. The summed E-state index contributed by atoms with van der Waals surface area (Å²) in [5.41, 5.74) is 0.365. The van der Waals surface area contributed by atoms with Crippen molar-refractivity contribution in [2.45, 2.75) is 19.9 Å². The molecular formula is C15H25N3O6. The summed E-state index contributed by atoms with van der Waals surface area (Å²) >= 11 is 0. The molecule has 136 valence electrons. The molecule has 0 aromatic carbocycles. The number of aromatic nitrogens is 1. The first kappa shape index (κ1) is 19.8. The number of hydrogen-bond donors (Lipinski definition) is 5. The van der Waals surface area contributed by atoms with Gasteiger partial charge in [0.2, 0.25) is 11.8 Å². The molecule has 2 amide bonds. The highest BCUT2D eigenvalue weighted by atomic mass is 16.3. The topological polar surface area (TPSA) is 135 Å². The van der Waals surface area contributed by atoms with Gasteiger partial charge in [0.25, 0.3) is 0 Å². The summed E-state index contributed by atoms with van der Waals surface area (Å²) in [6, 6.07) is 1.34. The van der Waals surface area contributed by atoms with Gasteiger partial charge in [0.15, 0.2) is 11.8 Å². The van der Waals surface area contributed by atoms with E-state index in [0.717, 1.165) is 0 Å². The Morgan fingerprint density at radius 2 is 1.83 bits per heavy atom. The monoisotopic (exact) mass is 343 g/mol. The third kappa shape index (κ3) is 5.14. The van der Waals surface area contributed by atoms with Crippen LogP contribution in [0.5, 0.6) is 11.8 Å². The van der Waals surface area contributed by atoms with E-state index in [-0.39, 0.29) is 62.8 Å². The lowest BCUT2D eigenvalue weighted by Crippen LogP contribution is -2.40. The van der Waals surface area contributed by atoms with E-state index in [1.807, 2.05) is 0 Å². The first-order chi connectivity index (χ1) is 11.3. The van der Waals surface area contributed by atoms with Crippen LogP contribution in [0.25, 0.3) is 0 Å². The Kier molecular flexibility index (Phi) is 7.53. The van der Waals surface area contributed by atoms with Crippen molar-refractivity contribution in [1.29, 1.82) is 0 Å². The number of hydrogen-bond acceptors (Lipinski definition) is 6. The van der Waals surface area contributed by atoms with E-state index in [1.54, 1.807) is 6.92 Å². The molecule has 5 N–H and O–H groups in total. The fourth-order valence-electron chi connectivity index (χ4n) is 2.29. The normalized spacial score (nSPS) is 12.0. The van der Waals surface area contributed by atoms with Crippen molar-refractivity contribution >= 4 is 11.8 Å². The summed E-state index contributed by atoms with van der Waals surface area (Å²) in [7, 11) is 1.48. The van der Waals surface area contributed by atoms with Crippen LogP contribution in [0, 0.1) is 5.92 Å². The maximum absolute atomic E-state index is 12.2. The van der Waals surface area contributed by atoms with Crippen LogP contribution in [0.1, 0.15) is 18.9 Å². The SMILES string of the molecule is CC(CC(=O)NCc1cc(O)n(C)c1O)C(=O)N(CCO)CCO. The zero-order valence-electron chi connectivity index (χ0n) is 13.9. The smallest absolute Gasteiger partial charge is 0.226 e. The second-order valence-corrected chi connectivity index (χ2v) is 5.56. The van der Waals surface area contributed by atoms with Crippen LogP contribution >= 0.6 is 0 Å². The van der Waals surface area contributed by atoms with Crippen molar-refractivity contribution in [3.8, 4) is 11.8 Å². The Bertz CT molecular complexity index is 566. The highest BCUT2D eigenvalue weighted by Gasteiger charge is 2.22. The average Bonchev–Trinajstić information content (AvgIpc) is 2.79. The molecule has 0 saturated carbocycles. The lowest BCUT2D eigenvalue weighted by Gasteiger charge is -2.24. The minimum absolute atomic E-state index is 0.0248. The Morgan fingerprint density at radius 1 is 1.25 bits per heavy atom. The molecule has 9 heteroatoms.